The van der Waals surface area contributed by atoms with Gasteiger partial charge in [0.2, 0.25) is 5.91 Å². The molecule has 1 aliphatic rings. The maximum absolute atomic E-state index is 13.1. The van der Waals surface area contributed by atoms with Crippen LogP contribution in [0.25, 0.3) is 0 Å². The molecule has 1 saturated heterocycles. The minimum Gasteiger partial charge on any atom is -0.337 e. The molecule has 1 aliphatic heterocycles. The van der Waals surface area contributed by atoms with Crippen LogP contribution in [0.1, 0.15) is 25.3 Å². The minimum absolute atomic E-state index is 0.0945. The van der Waals surface area contributed by atoms with Gasteiger partial charge >= 0.3 is 0 Å². The largest absolute Gasteiger partial charge is 0.337 e. The van der Waals surface area contributed by atoms with E-state index < -0.39 is 5.54 Å². The fourth-order valence-electron chi connectivity index (χ4n) is 2.55. The lowest BCUT2D eigenvalue weighted by molar-refractivity contribution is -0.123. The van der Waals surface area contributed by atoms with E-state index in [9.17, 15) is 14.4 Å². The molecule has 2 atom stereocenters. The van der Waals surface area contributed by atoms with E-state index in [1.807, 2.05) is 13.0 Å². The molecule has 112 valence electrons. The molecule has 1 aromatic carbocycles. The van der Waals surface area contributed by atoms with Crippen LogP contribution in [0.4, 0.5) is 4.39 Å². The van der Waals surface area contributed by atoms with Crippen LogP contribution in [0.5, 0.6) is 0 Å². The molecule has 5 heteroatoms. The highest BCUT2D eigenvalue weighted by molar-refractivity contribution is 7.99. The topological polar surface area (TPSA) is 52.9 Å². The predicted molar refractivity (Wildman–Crippen MR) is 82.3 cm³/mol. The lowest BCUT2D eigenvalue weighted by Crippen LogP contribution is -2.47. The number of amides is 1. The van der Waals surface area contributed by atoms with Gasteiger partial charge in [-0.1, -0.05) is 19.1 Å². The third-order valence-electron chi connectivity index (χ3n) is 3.62. The van der Waals surface area contributed by atoms with Gasteiger partial charge < -0.3 is 5.32 Å². The van der Waals surface area contributed by atoms with Gasteiger partial charge in [0.05, 0.1) is 6.07 Å². The molecule has 2 rings (SSSR count). The maximum atomic E-state index is 13.1. The first kappa shape index (κ1) is 15.8. The summed E-state index contributed by atoms with van der Waals surface area (Å²) in [4.78, 5) is 12.1. The summed E-state index contributed by atoms with van der Waals surface area (Å²) in [5, 5.41) is 12.1. The normalized spacial score (nSPS) is 22.5. The number of nitrogens with zero attached hydrogens (tertiary/aromatic N) is 1. The van der Waals surface area contributed by atoms with Gasteiger partial charge in [-0.15, -0.1) is 0 Å². The minimum atomic E-state index is -0.694. The van der Waals surface area contributed by atoms with Gasteiger partial charge in [0.1, 0.15) is 11.4 Å². The zero-order valence-electron chi connectivity index (χ0n) is 12.1. The molecule has 0 radical (unpaired) electrons. The first-order valence-corrected chi connectivity index (χ1v) is 8.23. The van der Waals surface area contributed by atoms with Gasteiger partial charge in [0, 0.05) is 12.2 Å². The average molecular weight is 306 g/mol. The van der Waals surface area contributed by atoms with Crippen molar-refractivity contribution >= 4 is 17.7 Å². The van der Waals surface area contributed by atoms with Crippen LogP contribution in [0.3, 0.4) is 0 Å². The lowest BCUT2D eigenvalue weighted by Gasteiger charge is -2.22. The smallest absolute Gasteiger partial charge is 0.221 e. The average Bonchev–Trinajstić information content (AvgIpc) is 2.87. The monoisotopic (exact) mass is 306 g/mol. The third-order valence-corrected chi connectivity index (χ3v) is 4.81. The number of rotatable bonds is 5. The fourth-order valence-corrected chi connectivity index (χ4v) is 3.82. The zero-order chi connectivity index (χ0) is 15.3. The quantitative estimate of drug-likeness (QED) is 0.910. The van der Waals surface area contributed by atoms with Crippen molar-refractivity contribution in [1.29, 1.82) is 5.26 Å². The van der Waals surface area contributed by atoms with Gasteiger partial charge in [-0.2, -0.15) is 17.0 Å². The third kappa shape index (κ3) is 4.47. The van der Waals surface area contributed by atoms with Crippen molar-refractivity contribution in [3.63, 3.8) is 0 Å². The molecule has 1 fully saturated rings. The van der Waals surface area contributed by atoms with E-state index in [2.05, 4.69) is 11.4 Å². The van der Waals surface area contributed by atoms with E-state index in [1.165, 1.54) is 12.1 Å². The second-order valence-corrected chi connectivity index (χ2v) is 6.79. The maximum Gasteiger partial charge on any atom is 0.221 e. The van der Waals surface area contributed by atoms with Crippen LogP contribution in [0.2, 0.25) is 0 Å². The summed E-state index contributed by atoms with van der Waals surface area (Å²) in [5.41, 5.74) is 0.196. The number of halogens is 1. The van der Waals surface area contributed by atoms with Crippen molar-refractivity contribution in [3.05, 3.63) is 35.6 Å². The number of hydrogen-bond donors (Lipinski definition) is 1. The number of carbonyl (C=O) groups excluding carboxylic acids is 1. The van der Waals surface area contributed by atoms with Crippen LogP contribution in [-0.4, -0.2) is 23.0 Å². The summed E-state index contributed by atoms with van der Waals surface area (Å²) >= 11 is 1.69. The highest BCUT2D eigenvalue weighted by Gasteiger charge is 2.36. The predicted octanol–water partition coefficient (Wildman–Crippen LogP) is 2.91. The van der Waals surface area contributed by atoms with Gasteiger partial charge in [-0.25, -0.2) is 4.39 Å². The lowest BCUT2D eigenvalue weighted by atomic mass is 9.96. The van der Waals surface area contributed by atoms with Crippen molar-refractivity contribution in [3.8, 4) is 6.07 Å². The summed E-state index contributed by atoms with van der Waals surface area (Å²) in [7, 11) is 0. The van der Waals surface area contributed by atoms with Crippen LogP contribution in [0.15, 0.2) is 24.3 Å². The standard InChI is InChI=1S/C16H19FN2OS/c1-12(7-13-3-2-4-14(17)9-13)8-15(20)19-16(10-18)5-6-21-11-16/h2-4,9,12H,5-8,11H2,1H3,(H,19,20). The Morgan fingerprint density at radius 2 is 2.43 bits per heavy atom. The van der Waals surface area contributed by atoms with Gasteiger partial charge in [0.25, 0.3) is 0 Å². The molecule has 2 unspecified atom stereocenters. The number of hydrogen-bond acceptors (Lipinski definition) is 3. The van der Waals surface area contributed by atoms with Crippen LogP contribution in [-0.2, 0) is 11.2 Å². The molecule has 0 spiro atoms. The molecule has 21 heavy (non-hydrogen) atoms. The molecule has 1 heterocycles. The molecule has 0 aliphatic carbocycles. The summed E-state index contributed by atoms with van der Waals surface area (Å²) < 4.78 is 13.1. The number of thioether (sulfide) groups is 1. The SMILES string of the molecule is CC(CC(=O)NC1(C#N)CCSC1)Cc1cccc(F)c1. The Balaban J connectivity index is 1.86. The molecule has 0 bridgehead atoms. The molecular formula is C16H19FN2OS. The molecule has 0 aromatic heterocycles. The van der Waals surface area contributed by atoms with Crippen molar-refractivity contribution in [2.75, 3.05) is 11.5 Å². The van der Waals surface area contributed by atoms with E-state index in [0.717, 1.165) is 11.3 Å². The Labute approximate surface area is 128 Å². The van der Waals surface area contributed by atoms with Gasteiger partial charge in [-0.05, 0) is 42.2 Å². The summed E-state index contributed by atoms with van der Waals surface area (Å²) in [6, 6.07) is 8.69. The van der Waals surface area contributed by atoms with Crippen LogP contribution >= 0.6 is 11.8 Å². The van der Waals surface area contributed by atoms with Crippen molar-refractivity contribution in [2.45, 2.75) is 31.7 Å². The second kappa shape index (κ2) is 6.95. The van der Waals surface area contributed by atoms with E-state index >= 15 is 0 Å². The number of nitriles is 1. The first-order valence-electron chi connectivity index (χ1n) is 7.07. The Bertz CT molecular complexity index is 549. The first-order chi connectivity index (χ1) is 10.0. The molecule has 1 N–H and O–H groups in total. The Morgan fingerprint density at radius 1 is 1.62 bits per heavy atom. The van der Waals surface area contributed by atoms with Crippen LogP contribution < -0.4 is 5.32 Å². The summed E-state index contributed by atoms with van der Waals surface area (Å²) in [6.45, 7) is 1.97. The molecule has 1 amide bonds. The van der Waals surface area contributed by atoms with Gasteiger partial charge in [0.15, 0.2) is 0 Å². The van der Waals surface area contributed by atoms with E-state index in [-0.39, 0.29) is 17.6 Å². The number of carbonyl (C=O) groups is 1. The highest BCUT2D eigenvalue weighted by atomic mass is 32.2. The van der Waals surface area contributed by atoms with E-state index in [0.29, 0.717) is 25.0 Å². The van der Waals surface area contributed by atoms with Crippen molar-refractivity contribution < 1.29 is 9.18 Å². The second-order valence-electron chi connectivity index (χ2n) is 5.69. The Kier molecular flexibility index (Phi) is 5.24. The zero-order valence-corrected chi connectivity index (χ0v) is 12.9. The molecule has 0 saturated carbocycles. The van der Waals surface area contributed by atoms with Crippen molar-refractivity contribution in [2.24, 2.45) is 5.92 Å². The summed E-state index contributed by atoms with van der Waals surface area (Å²) in [5.74, 6) is 1.33. The molecule has 3 nitrogen and oxygen atoms in total. The fraction of sp³-hybridized carbons (Fsp3) is 0.500. The van der Waals surface area contributed by atoms with Crippen LogP contribution in [0, 0.1) is 23.1 Å². The number of benzene rings is 1. The Hall–Kier alpha value is -1.54. The summed E-state index contributed by atoms with van der Waals surface area (Å²) in [6.07, 6.45) is 1.71. The van der Waals surface area contributed by atoms with E-state index in [1.54, 1.807) is 17.8 Å². The Morgan fingerprint density at radius 3 is 3.05 bits per heavy atom. The van der Waals surface area contributed by atoms with E-state index in [4.69, 9.17) is 0 Å². The van der Waals surface area contributed by atoms with Gasteiger partial charge in [-0.3, -0.25) is 4.79 Å². The molecular weight excluding hydrogens is 287 g/mol. The molecule has 1 aromatic rings. The highest BCUT2D eigenvalue weighted by Crippen LogP contribution is 2.27. The van der Waals surface area contributed by atoms with Crippen molar-refractivity contribution in [1.82, 2.24) is 5.32 Å². The number of nitrogens with one attached hydrogen (secondary N) is 1.